The molecule has 1 saturated heterocycles. The fraction of sp³-hybridized carbons (Fsp3) is 1.00. The first-order valence-corrected chi connectivity index (χ1v) is 6.33. The van der Waals surface area contributed by atoms with Crippen molar-refractivity contribution in [3.05, 3.63) is 0 Å². The molecule has 1 atom stereocenters. The average molecular weight is 268 g/mol. The molecule has 1 N–H and O–H groups in total. The van der Waals surface area contributed by atoms with Crippen LogP contribution < -0.4 is 5.32 Å². The van der Waals surface area contributed by atoms with Gasteiger partial charge in [0.2, 0.25) is 0 Å². The highest BCUT2D eigenvalue weighted by Crippen LogP contribution is 2.16. The molecule has 1 fully saturated rings. The van der Waals surface area contributed by atoms with E-state index in [4.69, 9.17) is 0 Å². The van der Waals surface area contributed by atoms with E-state index in [1.54, 1.807) is 0 Å². The molecule has 0 aromatic heterocycles. The minimum absolute atomic E-state index is 0.0688. The van der Waals surface area contributed by atoms with E-state index in [-0.39, 0.29) is 12.1 Å². The second-order valence-corrected chi connectivity index (χ2v) is 5.61. The van der Waals surface area contributed by atoms with Gasteiger partial charge in [-0.1, -0.05) is 0 Å². The van der Waals surface area contributed by atoms with Crippen molar-refractivity contribution in [2.75, 3.05) is 32.8 Å². The van der Waals surface area contributed by atoms with Crippen molar-refractivity contribution >= 4 is 0 Å². The Morgan fingerprint density at radius 1 is 1.39 bits per heavy atom. The summed E-state index contributed by atoms with van der Waals surface area (Å²) in [6.07, 6.45) is -3.58. The Hall–Kier alpha value is -0.330. The second kappa shape index (κ2) is 6.21. The summed E-state index contributed by atoms with van der Waals surface area (Å²) in [6, 6.07) is 0.417. The lowest BCUT2D eigenvalue weighted by atomic mass is 9.99. The van der Waals surface area contributed by atoms with Crippen molar-refractivity contribution in [3.8, 4) is 0 Å². The van der Waals surface area contributed by atoms with Gasteiger partial charge < -0.3 is 10.1 Å². The molecule has 1 aliphatic rings. The van der Waals surface area contributed by atoms with Crippen LogP contribution in [-0.4, -0.2) is 55.5 Å². The van der Waals surface area contributed by atoms with Crippen molar-refractivity contribution in [1.82, 2.24) is 10.2 Å². The van der Waals surface area contributed by atoms with Gasteiger partial charge in [0.1, 0.15) is 6.61 Å². The standard InChI is InChI=1S/C12H23F3N2O/c1-10-7-16-11(2,3)8-17(10)5-4-6-18-9-12(13,14)15/h10,16H,4-9H2,1-3H3. The summed E-state index contributed by atoms with van der Waals surface area (Å²) in [5.74, 6) is 0. The molecule has 3 nitrogen and oxygen atoms in total. The maximum Gasteiger partial charge on any atom is 0.411 e. The van der Waals surface area contributed by atoms with Crippen molar-refractivity contribution in [3.63, 3.8) is 0 Å². The maximum absolute atomic E-state index is 11.9. The highest BCUT2D eigenvalue weighted by molar-refractivity contribution is 4.90. The number of alkyl halides is 3. The highest BCUT2D eigenvalue weighted by Gasteiger charge is 2.30. The van der Waals surface area contributed by atoms with E-state index in [0.29, 0.717) is 12.5 Å². The monoisotopic (exact) mass is 268 g/mol. The van der Waals surface area contributed by atoms with Crippen LogP contribution in [-0.2, 0) is 4.74 Å². The number of hydrogen-bond donors (Lipinski definition) is 1. The fourth-order valence-corrected chi connectivity index (χ4v) is 2.13. The van der Waals surface area contributed by atoms with Gasteiger partial charge in [0.05, 0.1) is 0 Å². The van der Waals surface area contributed by atoms with Crippen molar-refractivity contribution in [2.24, 2.45) is 0 Å². The first kappa shape index (κ1) is 15.7. The largest absolute Gasteiger partial charge is 0.411 e. The molecule has 0 amide bonds. The topological polar surface area (TPSA) is 24.5 Å². The lowest BCUT2D eigenvalue weighted by Gasteiger charge is -2.43. The third-order valence-electron chi connectivity index (χ3n) is 3.10. The molecular formula is C12H23F3N2O. The first-order chi connectivity index (χ1) is 8.20. The summed E-state index contributed by atoms with van der Waals surface area (Å²) in [5, 5.41) is 3.44. The van der Waals surface area contributed by atoms with Gasteiger partial charge in [-0.2, -0.15) is 13.2 Å². The normalized spacial score (nSPS) is 25.3. The van der Waals surface area contributed by atoms with Gasteiger partial charge in [-0.25, -0.2) is 0 Å². The quantitative estimate of drug-likeness (QED) is 0.772. The number of rotatable bonds is 5. The Kier molecular flexibility index (Phi) is 5.43. The van der Waals surface area contributed by atoms with Crippen molar-refractivity contribution in [1.29, 1.82) is 0 Å². The van der Waals surface area contributed by atoms with E-state index in [1.165, 1.54) is 0 Å². The van der Waals surface area contributed by atoms with E-state index in [1.807, 2.05) is 0 Å². The van der Waals surface area contributed by atoms with Crippen LogP contribution in [0.5, 0.6) is 0 Å². The molecule has 0 bridgehead atoms. The summed E-state index contributed by atoms with van der Waals surface area (Å²) in [7, 11) is 0. The summed E-state index contributed by atoms with van der Waals surface area (Å²) in [6.45, 7) is 8.01. The first-order valence-electron chi connectivity index (χ1n) is 6.33. The molecule has 0 spiro atoms. The van der Waals surface area contributed by atoms with Gasteiger partial charge in [0, 0.05) is 37.8 Å². The predicted molar refractivity (Wildman–Crippen MR) is 64.6 cm³/mol. The summed E-state index contributed by atoms with van der Waals surface area (Å²) >= 11 is 0. The van der Waals surface area contributed by atoms with E-state index in [0.717, 1.165) is 19.6 Å². The SMILES string of the molecule is CC1CNC(C)(C)CN1CCCOCC(F)(F)F. The zero-order valence-electron chi connectivity index (χ0n) is 11.3. The average Bonchev–Trinajstić information content (AvgIpc) is 2.21. The molecule has 1 heterocycles. The van der Waals surface area contributed by atoms with Crippen LogP contribution in [0.15, 0.2) is 0 Å². The summed E-state index contributed by atoms with van der Waals surface area (Å²) in [5.41, 5.74) is 0.0688. The zero-order chi connectivity index (χ0) is 13.8. The zero-order valence-corrected chi connectivity index (χ0v) is 11.3. The van der Waals surface area contributed by atoms with E-state index in [9.17, 15) is 13.2 Å². The van der Waals surface area contributed by atoms with Crippen molar-refractivity contribution in [2.45, 2.75) is 44.9 Å². The summed E-state index contributed by atoms with van der Waals surface area (Å²) in [4.78, 5) is 2.30. The Balaban J connectivity index is 2.18. The van der Waals surface area contributed by atoms with Crippen LogP contribution in [0, 0.1) is 0 Å². The molecule has 0 saturated carbocycles. The molecule has 0 aromatic rings. The molecule has 1 unspecified atom stereocenters. The third-order valence-corrected chi connectivity index (χ3v) is 3.10. The van der Waals surface area contributed by atoms with Crippen LogP contribution in [0.1, 0.15) is 27.2 Å². The number of ether oxygens (including phenoxy) is 1. The smallest absolute Gasteiger partial charge is 0.372 e. The molecule has 1 rings (SSSR count). The van der Waals surface area contributed by atoms with Gasteiger partial charge in [0.25, 0.3) is 0 Å². The Morgan fingerprint density at radius 3 is 2.67 bits per heavy atom. The highest BCUT2D eigenvalue weighted by atomic mass is 19.4. The van der Waals surface area contributed by atoms with Gasteiger partial charge in [-0.3, -0.25) is 4.90 Å². The molecule has 0 aromatic carbocycles. The number of nitrogens with one attached hydrogen (secondary N) is 1. The molecule has 0 aliphatic carbocycles. The molecule has 1 aliphatic heterocycles. The fourth-order valence-electron chi connectivity index (χ4n) is 2.13. The van der Waals surface area contributed by atoms with Crippen LogP contribution in [0.25, 0.3) is 0 Å². The van der Waals surface area contributed by atoms with Crippen molar-refractivity contribution < 1.29 is 17.9 Å². The van der Waals surface area contributed by atoms with E-state index in [2.05, 4.69) is 35.7 Å². The Bertz CT molecular complexity index is 256. The lowest BCUT2D eigenvalue weighted by molar-refractivity contribution is -0.174. The van der Waals surface area contributed by atoms with Crippen LogP contribution in [0.3, 0.4) is 0 Å². The van der Waals surface area contributed by atoms with E-state index < -0.39 is 12.8 Å². The maximum atomic E-state index is 11.9. The molecule has 108 valence electrons. The molecular weight excluding hydrogens is 245 g/mol. The minimum Gasteiger partial charge on any atom is -0.372 e. The van der Waals surface area contributed by atoms with E-state index >= 15 is 0 Å². The molecule has 18 heavy (non-hydrogen) atoms. The number of nitrogens with zero attached hydrogens (tertiary/aromatic N) is 1. The summed E-state index contributed by atoms with van der Waals surface area (Å²) < 4.78 is 40.2. The number of halogens is 3. The van der Waals surface area contributed by atoms with Crippen LogP contribution in [0.2, 0.25) is 0 Å². The van der Waals surface area contributed by atoms with Gasteiger partial charge in [0.15, 0.2) is 0 Å². The predicted octanol–water partition coefficient (Wildman–Crippen LogP) is 2.03. The Morgan fingerprint density at radius 2 is 2.06 bits per heavy atom. The van der Waals surface area contributed by atoms with Gasteiger partial charge >= 0.3 is 6.18 Å². The molecule has 0 radical (unpaired) electrons. The third kappa shape index (κ3) is 6.02. The van der Waals surface area contributed by atoms with Gasteiger partial charge in [-0.15, -0.1) is 0 Å². The van der Waals surface area contributed by atoms with Crippen LogP contribution >= 0.6 is 0 Å². The number of hydrogen-bond acceptors (Lipinski definition) is 3. The minimum atomic E-state index is -4.22. The lowest BCUT2D eigenvalue weighted by Crippen LogP contribution is -2.60. The number of piperazine rings is 1. The Labute approximate surface area is 107 Å². The second-order valence-electron chi connectivity index (χ2n) is 5.61. The van der Waals surface area contributed by atoms with Gasteiger partial charge in [-0.05, 0) is 27.2 Å². The van der Waals surface area contributed by atoms with Crippen LogP contribution in [0.4, 0.5) is 13.2 Å². The molecule has 6 heteroatoms.